The first kappa shape index (κ1) is 12.5. The Labute approximate surface area is 113 Å². The summed E-state index contributed by atoms with van der Waals surface area (Å²) in [6.45, 7) is 0. The van der Waals surface area contributed by atoms with Crippen molar-refractivity contribution in [2.75, 3.05) is 5.32 Å². The Hall–Kier alpha value is -1.55. The lowest BCUT2D eigenvalue weighted by molar-refractivity contribution is -0.123. The minimum atomic E-state index is -0.388. The Kier molecular flexibility index (Phi) is 3.42. The second-order valence-corrected chi connectivity index (χ2v) is 5.53. The first-order chi connectivity index (χ1) is 9.24. The van der Waals surface area contributed by atoms with Crippen molar-refractivity contribution in [2.45, 2.75) is 50.3 Å². The molecule has 1 aromatic carbocycles. The fourth-order valence-corrected chi connectivity index (χ4v) is 3.02. The van der Waals surface area contributed by atoms with Crippen LogP contribution in [0.5, 0.6) is 0 Å². The van der Waals surface area contributed by atoms with E-state index in [2.05, 4.69) is 10.6 Å². The van der Waals surface area contributed by atoms with Crippen LogP contribution in [0.15, 0.2) is 24.3 Å². The number of rotatable bonds is 2. The quantitative estimate of drug-likeness (QED) is 0.754. The van der Waals surface area contributed by atoms with E-state index in [0.717, 1.165) is 37.8 Å². The van der Waals surface area contributed by atoms with Crippen LogP contribution in [0, 0.1) is 0 Å². The molecule has 1 saturated carbocycles. The highest BCUT2D eigenvalue weighted by atomic mass is 16.3. The van der Waals surface area contributed by atoms with Gasteiger partial charge in [-0.2, -0.15) is 0 Å². The number of carbonyl (C=O) groups excluding carboxylic acids is 1. The van der Waals surface area contributed by atoms with Gasteiger partial charge in [0.2, 0.25) is 5.91 Å². The molecule has 19 heavy (non-hydrogen) atoms. The summed E-state index contributed by atoms with van der Waals surface area (Å²) in [5.74, 6) is 0.00199. The monoisotopic (exact) mass is 260 g/mol. The van der Waals surface area contributed by atoms with Crippen LogP contribution in [0.1, 0.15) is 31.2 Å². The van der Waals surface area contributed by atoms with Gasteiger partial charge in [-0.25, -0.2) is 0 Å². The third-order valence-electron chi connectivity index (χ3n) is 4.14. The molecule has 0 spiro atoms. The van der Waals surface area contributed by atoms with Gasteiger partial charge in [0.05, 0.1) is 12.1 Å². The molecule has 1 fully saturated rings. The Morgan fingerprint density at radius 2 is 2.05 bits per heavy atom. The van der Waals surface area contributed by atoms with Crippen LogP contribution in [0.2, 0.25) is 0 Å². The van der Waals surface area contributed by atoms with Crippen molar-refractivity contribution in [1.29, 1.82) is 0 Å². The molecular formula is C15H20N2O2. The molecule has 3 atom stereocenters. The fourth-order valence-electron chi connectivity index (χ4n) is 3.02. The van der Waals surface area contributed by atoms with Crippen molar-refractivity contribution in [3.63, 3.8) is 0 Å². The summed E-state index contributed by atoms with van der Waals surface area (Å²) in [7, 11) is 0. The zero-order chi connectivity index (χ0) is 13.2. The molecule has 3 N–H and O–H groups in total. The summed E-state index contributed by atoms with van der Waals surface area (Å²) < 4.78 is 0. The number of nitrogens with one attached hydrogen (secondary N) is 2. The highest BCUT2D eigenvalue weighted by Crippen LogP contribution is 2.25. The van der Waals surface area contributed by atoms with Crippen LogP contribution in [0.25, 0.3) is 0 Å². The molecule has 0 radical (unpaired) electrons. The smallest absolute Gasteiger partial charge is 0.243 e. The molecule has 0 saturated heterocycles. The lowest BCUT2D eigenvalue weighted by Crippen LogP contribution is -2.49. The van der Waals surface area contributed by atoms with Gasteiger partial charge in [-0.1, -0.05) is 31.0 Å². The van der Waals surface area contributed by atoms with Crippen LogP contribution in [-0.4, -0.2) is 29.2 Å². The number of hydrogen-bond acceptors (Lipinski definition) is 3. The maximum atomic E-state index is 12.2. The van der Waals surface area contributed by atoms with Gasteiger partial charge in [0.25, 0.3) is 0 Å². The van der Waals surface area contributed by atoms with E-state index in [1.807, 2.05) is 24.3 Å². The second-order valence-electron chi connectivity index (χ2n) is 5.53. The zero-order valence-electron chi connectivity index (χ0n) is 10.9. The molecule has 4 heteroatoms. The average Bonchev–Trinajstić information content (AvgIpc) is 2.85. The molecule has 3 rings (SSSR count). The summed E-state index contributed by atoms with van der Waals surface area (Å²) in [6, 6.07) is 7.73. The minimum Gasteiger partial charge on any atom is -0.391 e. The van der Waals surface area contributed by atoms with E-state index in [1.54, 1.807) is 0 Å². The van der Waals surface area contributed by atoms with E-state index in [9.17, 15) is 9.90 Å². The number of carbonyl (C=O) groups is 1. The van der Waals surface area contributed by atoms with E-state index in [0.29, 0.717) is 0 Å². The van der Waals surface area contributed by atoms with E-state index in [-0.39, 0.29) is 24.1 Å². The molecule has 1 aliphatic carbocycles. The maximum Gasteiger partial charge on any atom is 0.243 e. The second kappa shape index (κ2) is 5.21. The largest absolute Gasteiger partial charge is 0.391 e. The number of anilines is 1. The molecule has 0 bridgehead atoms. The first-order valence-corrected chi connectivity index (χ1v) is 7.07. The number of para-hydroxylation sites is 1. The number of amides is 1. The fraction of sp³-hybridized carbons (Fsp3) is 0.533. The highest BCUT2D eigenvalue weighted by Gasteiger charge is 2.30. The van der Waals surface area contributed by atoms with E-state index >= 15 is 0 Å². The number of hydrogen-bond donors (Lipinski definition) is 3. The number of fused-ring (bicyclic) bond motifs is 1. The van der Waals surface area contributed by atoms with Gasteiger partial charge in [0.1, 0.15) is 6.04 Å². The molecule has 1 aliphatic heterocycles. The average molecular weight is 260 g/mol. The van der Waals surface area contributed by atoms with Crippen molar-refractivity contribution >= 4 is 11.6 Å². The van der Waals surface area contributed by atoms with Gasteiger partial charge in [-0.15, -0.1) is 0 Å². The number of aliphatic hydroxyl groups is 1. The van der Waals surface area contributed by atoms with E-state index < -0.39 is 0 Å². The van der Waals surface area contributed by atoms with E-state index in [4.69, 9.17) is 0 Å². The van der Waals surface area contributed by atoms with Crippen molar-refractivity contribution in [3.8, 4) is 0 Å². The number of aliphatic hydroxyl groups excluding tert-OH is 1. The Morgan fingerprint density at radius 3 is 2.84 bits per heavy atom. The topological polar surface area (TPSA) is 61.4 Å². The van der Waals surface area contributed by atoms with Crippen LogP contribution < -0.4 is 10.6 Å². The predicted octanol–water partition coefficient (Wildman–Crippen LogP) is 1.44. The zero-order valence-corrected chi connectivity index (χ0v) is 10.9. The van der Waals surface area contributed by atoms with Crippen molar-refractivity contribution in [3.05, 3.63) is 29.8 Å². The molecule has 0 unspecified atom stereocenters. The van der Waals surface area contributed by atoms with Crippen LogP contribution in [-0.2, 0) is 11.2 Å². The lowest BCUT2D eigenvalue weighted by Gasteiger charge is -2.29. The van der Waals surface area contributed by atoms with Gasteiger partial charge < -0.3 is 15.7 Å². The van der Waals surface area contributed by atoms with Gasteiger partial charge in [0.15, 0.2) is 0 Å². The molecule has 1 heterocycles. The predicted molar refractivity (Wildman–Crippen MR) is 74.0 cm³/mol. The summed E-state index contributed by atoms with van der Waals surface area (Å²) in [4.78, 5) is 12.2. The van der Waals surface area contributed by atoms with Gasteiger partial charge in [-0.05, 0) is 24.5 Å². The molecule has 102 valence electrons. The van der Waals surface area contributed by atoms with Crippen molar-refractivity contribution in [2.24, 2.45) is 0 Å². The molecule has 2 aliphatic rings. The SMILES string of the molecule is O=C(N[C@@H]1CCCC[C@H]1O)[C@@H]1Cc2ccccc2N1. The standard InChI is InChI=1S/C15H20N2O2/c18-14-8-4-3-7-12(14)17-15(19)13-9-10-5-1-2-6-11(10)16-13/h1-2,5-6,12-14,16,18H,3-4,7-9H2,(H,17,19)/t12-,13+,14-/m1/s1. The number of benzene rings is 1. The van der Waals surface area contributed by atoms with Gasteiger partial charge >= 0.3 is 0 Å². The third-order valence-corrected chi connectivity index (χ3v) is 4.14. The Balaban J connectivity index is 1.60. The first-order valence-electron chi connectivity index (χ1n) is 7.07. The molecule has 0 aromatic heterocycles. The summed E-state index contributed by atoms with van der Waals surface area (Å²) in [5.41, 5.74) is 2.23. The molecular weight excluding hydrogens is 240 g/mol. The highest BCUT2D eigenvalue weighted by molar-refractivity contribution is 5.87. The van der Waals surface area contributed by atoms with Gasteiger partial charge in [-0.3, -0.25) is 4.79 Å². The Bertz CT molecular complexity index is 450. The summed E-state index contributed by atoms with van der Waals surface area (Å²) in [6.07, 6.45) is 4.16. The van der Waals surface area contributed by atoms with Crippen LogP contribution >= 0.6 is 0 Å². The molecule has 1 aromatic rings. The van der Waals surface area contributed by atoms with Crippen LogP contribution in [0.3, 0.4) is 0 Å². The molecule has 1 amide bonds. The van der Waals surface area contributed by atoms with E-state index in [1.165, 1.54) is 5.56 Å². The Morgan fingerprint density at radius 1 is 1.26 bits per heavy atom. The normalized spacial score (nSPS) is 29.4. The third kappa shape index (κ3) is 2.59. The van der Waals surface area contributed by atoms with Crippen molar-refractivity contribution < 1.29 is 9.90 Å². The summed E-state index contributed by atoms with van der Waals surface area (Å²) >= 11 is 0. The molecule has 4 nitrogen and oxygen atoms in total. The minimum absolute atomic E-state index is 0.00199. The van der Waals surface area contributed by atoms with Crippen molar-refractivity contribution in [1.82, 2.24) is 5.32 Å². The van der Waals surface area contributed by atoms with Gasteiger partial charge in [0, 0.05) is 12.1 Å². The maximum absolute atomic E-state index is 12.2. The summed E-state index contributed by atoms with van der Waals surface area (Å²) in [5, 5.41) is 16.1. The van der Waals surface area contributed by atoms with Crippen LogP contribution in [0.4, 0.5) is 5.69 Å². The lowest BCUT2D eigenvalue weighted by atomic mass is 9.92.